The van der Waals surface area contributed by atoms with E-state index in [0.717, 1.165) is 22.8 Å². The van der Waals surface area contributed by atoms with Crippen molar-refractivity contribution in [2.75, 3.05) is 26.4 Å². The quantitative estimate of drug-likeness (QED) is 0.394. The third-order valence-corrected chi connectivity index (χ3v) is 6.15. The van der Waals surface area contributed by atoms with E-state index in [2.05, 4.69) is 36.9 Å². The summed E-state index contributed by atoms with van der Waals surface area (Å²) in [6.07, 6.45) is 8.19. The lowest BCUT2D eigenvalue weighted by atomic mass is 9.83. The van der Waals surface area contributed by atoms with E-state index in [0.29, 0.717) is 18.1 Å². The van der Waals surface area contributed by atoms with E-state index in [4.69, 9.17) is 9.47 Å². The Hall–Kier alpha value is -2.63. The molecule has 0 heterocycles. The molecule has 0 radical (unpaired) electrons. The molecule has 1 fully saturated rings. The number of aliphatic hydroxyl groups excluding tert-OH is 2. The SMILES string of the molecule is C=CC(=O)OCCc1cc(-c2ccc(C3CCCCC3)cc2)ccc1OCC(CO)CO. The number of ether oxygens (including phenoxy) is 2. The normalized spacial score (nSPS) is 14.3. The first-order valence-corrected chi connectivity index (χ1v) is 11.5. The molecule has 1 aliphatic carbocycles. The maximum atomic E-state index is 11.4. The number of benzene rings is 2. The van der Waals surface area contributed by atoms with E-state index in [-0.39, 0.29) is 32.3 Å². The van der Waals surface area contributed by atoms with E-state index in [1.165, 1.54) is 37.7 Å². The summed E-state index contributed by atoms with van der Waals surface area (Å²) in [6, 6.07) is 14.8. The highest BCUT2D eigenvalue weighted by atomic mass is 16.5. The van der Waals surface area contributed by atoms with Crippen LogP contribution in [0.15, 0.2) is 55.1 Å². The first-order valence-electron chi connectivity index (χ1n) is 11.5. The van der Waals surface area contributed by atoms with Crippen LogP contribution < -0.4 is 4.74 Å². The molecule has 0 saturated heterocycles. The van der Waals surface area contributed by atoms with Crippen LogP contribution in [-0.2, 0) is 16.0 Å². The molecule has 0 bridgehead atoms. The average molecular weight is 439 g/mol. The minimum atomic E-state index is -0.456. The van der Waals surface area contributed by atoms with Crippen LogP contribution in [0.2, 0.25) is 0 Å². The van der Waals surface area contributed by atoms with E-state index in [1.807, 2.05) is 12.1 Å². The standard InChI is InChI=1S/C27H34O5/c1-2-27(30)31-15-14-25-16-24(12-13-26(25)32-19-20(17-28)18-29)23-10-8-22(9-11-23)21-6-4-3-5-7-21/h2,8-13,16,20-21,28-29H,1,3-7,14-15,17-19H2. The molecule has 172 valence electrons. The summed E-state index contributed by atoms with van der Waals surface area (Å²) >= 11 is 0. The lowest BCUT2D eigenvalue weighted by Gasteiger charge is -2.22. The first-order chi connectivity index (χ1) is 15.6. The second-order valence-electron chi connectivity index (χ2n) is 8.44. The molecule has 0 aromatic heterocycles. The van der Waals surface area contributed by atoms with Crippen molar-refractivity contribution >= 4 is 5.97 Å². The van der Waals surface area contributed by atoms with Crippen LogP contribution in [0.4, 0.5) is 0 Å². The molecule has 0 unspecified atom stereocenters. The minimum Gasteiger partial charge on any atom is -0.493 e. The van der Waals surface area contributed by atoms with Crippen LogP contribution in [0.25, 0.3) is 11.1 Å². The van der Waals surface area contributed by atoms with Gasteiger partial charge in [0.05, 0.1) is 26.4 Å². The number of carbonyl (C=O) groups is 1. The fraction of sp³-hybridized carbons (Fsp3) is 0.444. The third kappa shape index (κ3) is 6.68. The van der Waals surface area contributed by atoms with Gasteiger partial charge in [-0.2, -0.15) is 0 Å². The first kappa shape index (κ1) is 24.0. The second-order valence-corrected chi connectivity index (χ2v) is 8.44. The largest absolute Gasteiger partial charge is 0.493 e. The maximum Gasteiger partial charge on any atom is 0.330 e. The number of hydrogen-bond donors (Lipinski definition) is 2. The third-order valence-electron chi connectivity index (χ3n) is 6.15. The lowest BCUT2D eigenvalue weighted by molar-refractivity contribution is -0.137. The van der Waals surface area contributed by atoms with Crippen molar-refractivity contribution in [1.82, 2.24) is 0 Å². The van der Waals surface area contributed by atoms with E-state index >= 15 is 0 Å². The van der Waals surface area contributed by atoms with Gasteiger partial charge in [-0.15, -0.1) is 0 Å². The smallest absolute Gasteiger partial charge is 0.330 e. The van der Waals surface area contributed by atoms with Gasteiger partial charge in [0.25, 0.3) is 0 Å². The van der Waals surface area contributed by atoms with Gasteiger partial charge in [0, 0.05) is 18.4 Å². The zero-order valence-electron chi connectivity index (χ0n) is 18.7. The summed E-state index contributed by atoms with van der Waals surface area (Å²) in [5.41, 5.74) is 4.52. The van der Waals surface area contributed by atoms with E-state index in [9.17, 15) is 15.0 Å². The molecule has 32 heavy (non-hydrogen) atoms. The second kappa shape index (κ2) is 12.4. The predicted molar refractivity (Wildman–Crippen MR) is 126 cm³/mol. The Morgan fingerprint density at radius 1 is 1.03 bits per heavy atom. The summed E-state index contributed by atoms with van der Waals surface area (Å²) in [6.45, 7) is 3.56. The monoisotopic (exact) mass is 438 g/mol. The summed E-state index contributed by atoms with van der Waals surface area (Å²) in [4.78, 5) is 11.4. The van der Waals surface area contributed by atoms with Crippen LogP contribution in [0, 0.1) is 5.92 Å². The van der Waals surface area contributed by atoms with Gasteiger partial charge in [-0.1, -0.05) is 56.2 Å². The number of rotatable bonds is 11. The molecule has 2 aromatic carbocycles. The van der Waals surface area contributed by atoms with Gasteiger partial charge in [0.1, 0.15) is 5.75 Å². The summed E-state index contributed by atoms with van der Waals surface area (Å²) in [5.74, 6) is 0.541. The van der Waals surface area contributed by atoms with Crippen molar-refractivity contribution in [3.8, 4) is 16.9 Å². The van der Waals surface area contributed by atoms with Crippen LogP contribution in [0.1, 0.15) is 49.1 Å². The van der Waals surface area contributed by atoms with Crippen molar-refractivity contribution in [3.63, 3.8) is 0 Å². The number of esters is 1. The topological polar surface area (TPSA) is 76.0 Å². The van der Waals surface area contributed by atoms with Gasteiger partial charge in [-0.25, -0.2) is 4.79 Å². The Morgan fingerprint density at radius 2 is 1.72 bits per heavy atom. The molecular weight excluding hydrogens is 404 g/mol. The molecular formula is C27H34O5. The Labute approximate surface area is 190 Å². The van der Waals surface area contributed by atoms with Gasteiger partial charge >= 0.3 is 5.97 Å². The molecule has 0 aliphatic heterocycles. The van der Waals surface area contributed by atoms with Crippen molar-refractivity contribution in [2.45, 2.75) is 44.4 Å². The zero-order chi connectivity index (χ0) is 22.8. The Bertz CT molecular complexity index is 864. The zero-order valence-corrected chi connectivity index (χ0v) is 18.7. The van der Waals surface area contributed by atoms with E-state index in [1.54, 1.807) is 0 Å². The van der Waals surface area contributed by atoms with Crippen LogP contribution >= 0.6 is 0 Å². The summed E-state index contributed by atoms with van der Waals surface area (Å²) < 4.78 is 11.0. The maximum absolute atomic E-state index is 11.4. The fourth-order valence-electron chi connectivity index (χ4n) is 4.17. The number of aliphatic hydroxyl groups is 2. The fourth-order valence-corrected chi connectivity index (χ4v) is 4.17. The van der Waals surface area contributed by atoms with Gasteiger partial charge in [-0.05, 0) is 53.1 Å². The van der Waals surface area contributed by atoms with Crippen molar-refractivity contribution in [2.24, 2.45) is 5.92 Å². The van der Waals surface area contributed by atoms with Crippen LogP contribution in [0.5, 0.6) is 5.75 Å². The molecule has 1 aliphatic rings. The molecule has 1 saturated carbocycles. The number of carbonyl (C=O) groups excluding carboxylic acids is 1. The highest BCUT2D eigenvalue weighted by molar-refractivity contribution is 5.81. The average Bonchev–Trinajstić information content (AvgIpc) is 2.85. The molecule has 0 spiro atoms. The molecule has 0 atom stereocenters. The minimum absolute atomic E-state index is 0.145. The van der Waals surface area contributed by atoms with Crippen molar-refractivity contribution in [3.05, 3.63) is 66.2 Å². The Balaban J connectivity index is 1.76. The summed E-state index contributed by atoms with van der Waals surface area (Å²) in [7, 11) is 0. The number of hydrogen-bond acceptors (Lipinski definition) is 5. The van der Waals surface area contributed by atoms with Crippen LogP contribution in [0.3, 0.4) is 0 Å². The van der Waals surface area contributed by atoms with Crippen molar-refractivity contribution < 1.29 is 24.5 Å². The predicted octanol–water partition coefficient (Wildman–Crippen LogP) is 4.65. The molecule has 0 amide bonds. The van der Waals surface area contributed by atoms with Gasteiger partial charge in [0.15, 0.2) is 0 Å². The molecule has 5 nitrogen and oxygen atoms in total. The molecule has 2 aromatic rings. The highest BCUT2D eigenvalue weighted by Gasteiger charge is 2.16. The van der Waals surface area contributed by atoms with E-state index < -0.39 is 5.97 Å². The lowest BCUT2D eigenvalue weighted by Crippen LogP contribution is -2.20. The van der Waals surface area contributed by atoms with Crippen molar-refractivity contribution in [1.29, 1.82) is 0 Å². The highest BCUT2D eigenvalue weighted by Crippen LogP contribution is 2.34. The van der Waals surface area contributed by atoms with Gasteiger partial charge < -0.3 is 19.7 Å². The van der Waals surface area contributed by atoms with Crippen LogP contribution in [-0.4, -0.2) is 42.6 Å². The summed E-state index contributed by atoms with van der Waals surface area (Å²) in [5, 5.41) is 18.6. The van der Waals surface area contributed by atoms with Gasteiger partial charge in [-0.3, -0.25) is 0 Å². The Kier molecular flexibility index (Phi) is 9.32. The molecule has 3 rings (SSSR count). The van der Waals surface area contributed by atoms with Gasteiger partial charge in [0.2, 0.25) is 0 Å². The molecule has 2 N–H and O–H groups in total. The Morgan fingerprint density at radius 3 is 2.38 bits per heavy atom. The molecule has 5 heteroatoms.